The van der Waals surface area contributed by atoms with Crippen LogP contribution in [-0.4, -0.2) is 41.0 Å². The molecule has 0 saturated heterocycles. The summed E-state index contributed by atoms with van der Waals surface area (Å²) in [4.78, 5) is 9.50. The number of thioether (sulfide) groups is 1. The van der Waals surface area contributed by atoms with Crippen LogP contribution in [0.4, 0.5) is 5.69 Å². The minimum atomic E-state index is -3.67. The minimum absolute atomic E-state index is 0.224. The average Bonchev–Trinajstić information content (AvgIpc) is 3.55. The van der Waals surface area contributed by atoms with Gasteiger partial charge in [0.05, 0.1) is 30.2 Å². The molecule has 0 radical (unpaired) electrons. The van der Waals surface area contributed by atoms with Gasteiger partial charge in [0.25, 0.3) is 0 Å². The van der Waals surface area contributed by atoms with Gasteiger partial charge in [-0.05, 0) is 42.2 Å². The van der Waals surface area contributed by atoms with E-state index in [9.17, 15) is 13.7 Å². The number of H-pyrrole nitrogens is 1. The number of nitriles is 1. The highest BCUT2D eigenvalue weighted by Crippen LogP contribution is 2.37. The van der Waals surface area contributed by atoms with Crippen LogP contribution in [0, 0.1) is 11.3 Å². The summed E-state index contributed by atoms with van der Waals surface area (Å²) in [7, 11) is -3.67. The van der Waals surface area contributed by atoms with Crippen LogP contribution in [0.2, 0.25) is 0 Å². The lowest BCUT2D eigenvalue weighted by atomic mass is 10.1. The number of hydrogen-bond acceptors (Lipinski definition) is 6. The highest BCUT2D eigenvalue weighted by atomic mass is 32.3. The Bertz CT molecular complexity index is 1330. The third-order valence-electron chi connectivity index (χ3n) is 6.18. The third-order valence-corrected chi connectivity index (χ3v) is 9.78. The summed E-state index contributed by atoms with van der Waals surface area (Å²) in [5.41, 5.74) is 4.33. The van der Waals surface area contributed by atoms with Crippen LogP contribution in [0.15, 0.2) is 71.4 Å². The second kappa shape index (κ2) is 9.66. The molecule has 3 heterocycles. The third kappa shape index (κ3) is 4.62. The molecule has 34 heavy (non-hydrogen) atoms. The molecule has 2 aliphatic heterocycles. The molecule has 0 amide bonds. The molecular weight excluding hydrogens is 466 g/mol. The number of hydrogen-bond donors (Lipinski definition) is 1. The molecule has 0 bridgehead atoms. The lowest BCUT2D eigenvalue weighted by molar-refractivity contribution is 0.321. The van der Waals surface area contributed by atoms with E-state index in [2.05, 4.69) is 20.9 Å². The maximum Gasteiger partial charge on any atom is 0.249 e. The number of aromatic amines is 1. The number of rotatable bonds is 6. The Labute approximate surface area is 204 Å². The number of sulfonamides is 1. The highest BCUT2D eigenvalue weighted by Gasteiger charge is 2.38. The zero-order valence-electron chi connectivity index (χ0n) is 18.6. The lowest BCUT2D eigenvalue weighted by Crippen LogP contribution is -2.45. The molecule has 0 saturated carbocycles. The smallest absolute Gasteiger partial charge is 0.249 e. The van der Waals surface area contributed by atoms with Crippen LogP contribution in [0.1, 0.15) is 28.8 Å². The quantitative estimate of drug-likeness (QED) is 0.560. The van der Waals surface area contributed by atoms with E-state index in [1.165, 1.54) is 11.8 Å². The van der Waals surface area contributed by atoms with Gasteiger partial charge in [-0.25, -0.2) is 13.4 Å². The van der Waals surface area contributed by atoms with Gasteiger partial charge in [-0.1, -0.05) is 36.4 Å². The molecule has 174 valence electrons. The number of anilines is 1. The largest absolute Gasteiger partial charge is 0.364 e. The van der Waals surface area contributed by atoms with E-state index in [0.717, 1.165) is 34.7 Å². The van der Waals surface area contributed by atoms with Crippen molar-refractivity contribution in [2.24, 2.45) is 0 Å². The second-order valence-corrected chi connectivity index (χ2v) is 11.7. The van der Waals surface area contributed by atoms with Crippen LogP contribution >= 0.6 is 11.8 Å². The Morgan fingerprint density at radius 3 is 2.76 bits per heavy atom. The Kier molecular flexibility index (Phi) is 6.46. The summed E-state index contributed by atoms with van der Waals surface area (Å²) in [5, 5.41) is 9.51. The average molecular weight is 492 g/mol. The van der Waals surface area contributed by atoms with Gasteiger partial charge in [-0.2, -0.15) is 9.57 Å². The Morgan fingerprint density at radius 2 is 2.06 bits per heavy atom. The molecule has 7 nitrogen and oxygen atoms in total. The van der Waals surface area contributed by atoms with Crippen molar-refractivity contribution >= 4 is 27.5 Å². The van der Waals surface area contributed by atoms with Crippen LogP contribution in [0.3, 0.4) is 0 Å². The van der Waals surface area contributed by atoms with Gasteiger partial charge in [-0.15, -0.1) is 11.8 Å². The molecule has 0 unspecified atom stereocenters. The van der Waals surface area contributed by atoms with E-state index >= 15 is 0 Å². The van der Waals surface area contributed by atoms with Crippen molar-refractivity contribution < 1.29 is 8.42 Å². The number of nitrogens with one attached hydrogen (secondary N) is 1. The van der Waals surface area contributed by atoms with E-state index in [-0.39, 0.29) is 12.6 Å². The van der Waals surface area contributed by atoms with Gasteiger partial charge in [0.1, 0.15) is 4.24 Å². The molecule has 0 aliphatic carbocycles. The van der Waals surface area contributed by atoms with Crippen molar-refractivity contribution in [3.8, 4) is 6.07 Å². The van der Waals surface area contributed by atoms with Crippen molar-refractivity contribution in [3.63, 3.8) is 0 Å². The molecule has 0 fully saturated rings. The van der Waals surface area contributed by atoms with E-state index in [4.69, 9.17) is 0 Å². The van der Waals surface area contributed by atoms with Gasteiger partial charge in [-0.3, -0.25) is 0 Å². The van der Waals surface area contributed by atoms with Gasteiger partial charge < -0.3 is 9.88 Å². The molecule has 9 heteroatoms. The van der Waals surface area contributed by atoms with Crippen molar-refractivity contribution in [3.05, 3.63) is 93.8 Å². The van der Waals surface area contributed by atoms with Crippen LogP contribution in [-0.2, 0) is 29.5 Å². The van der Waals surface area contributed by atoms with E-state index in [1.54, 1.807) is 22.9 Å². The predicted octanol–water partition coefficient (Wildman–Crippen LogP) is 4.02. The molecule has 0 spiro atoms. The fourth-order valence-corrected chi connectivity index (χ4v) is 7.79. The fourth-order valence-electron chi connectivity index (χ4n) is 4.58. The molecule has 5 rings (SSSR count). The van der Waals surface area contributed by atoms with Crippen LogP contribution < -0.4 is 4.90 Å². The van der Waals surface area contributed by atoms with Gasteiger partial charge in [0.2, 0.25) is 10.0 Å². The van der Waals surface area contributed by atoms with E-state index in [0.29, 0.717) is 29.3 Å². The normalized spacial score (nSPS) is 18.7. The van der Waals surface area contributed by atoms with Gasteiger partial charge >= 0.3 is 0 Å². The number of imidazole rings is 1. The SMILES string of the molecule is N#Cc1ccc2c(c1)CN(S(=O)(=O)C1=CCCS1)[C@H](Cc1ccccc1)CN2Cc1cnc[nH]1. The summed E-state index contributed by atoms with van der Waals surface area (Å²) < 4.78 is 29.8. The fraction of sp³-hybridized carbons (Fsp3) is 0.280. The number of allylic oxidation sites excluding steroid dienone is 1. The maximum absolute atomic E-state index is 13.9. The summed E-state index contributed by atoms with van der Waals surface area (Å²) >= 11 is 1.40. The zero-order chi connectivity index (χ0) is 23.5. The highest BCUT2D eigenvalue weighted by molar-refractivity contribution is 8.18. The number of fused-ring (bicyclic) bond motifs is 1. The maximum atomic E-state index is 13.9. The Morgan fingerprint density at radius 1 is 1.21 bits per heavy atom. The molecule has 1 N–H and O–H groups in total. The monoisotopic (exact) mass is 491 g/mol. The van der Waals surface area contributed by atoms with Crippen molar-refractivity contribution in [1.29, 1.82) is 5.26 Å². The van der Waals surface area contributed by atoms with E-state index in [1.807, 2.05) is 48.5 Å². The number of aromatic nitrogens is 2. The standard InChI is InChI=1S/C25H25N5O2S2/c26-13-20-8-9-24-21(11-20)15-30(34(31,32)25-7-4-10-33-25)23(12-19-5-2-1-3-6-19)17-29(24)16-22-14-27-18-28-22/h1-3,5-9,11,14,18,23H,4,10,12,15-17H2,(H,27,28)/t23-/m1/s1. The van der Waals surface area contributed by atoms with Crippen molar-refractivity contribution in [2.75, 3.05) is 17.2 Å². The minimum Gasteiger partial charge on any atom is -0.364 e. The zero-order valence-corrected chi connectivity index (χ0v) is 20.2. The Hall–Kier alpha value is -3.06. The summed E-state index contributed by atoms with van der Waals surface area (Å²) in [6.07, 6.45) is 6.62. The predicted molar refractivity (Wildman–Crippen MR) is 134 cm³/mol. The van der Waals surface area contributed by atoms with Gasteiger partial charge in [0.15, 0.2) is 0 Å². The molecule has 2 aliphatic rings. The van der Waals surface area contributed by atoms with Crippen molar-refractivity contribution in [1.82, 2.24) is 14.3 Å². The van der Waals surface area contributed by atoms with Gasteiger partial charge in [0, 0.05) is 36.8 Å². The molecule has 3 aromatic rings. The number of benzene rings is 2. The summed E-state index contributed by atoms with van der Waals surface area (Å²) in [5.74, 6) is 0.785. The van der Waals surface area contributed by atoms with Crippen LogP contribution in [0.25, 0.3) is 0 Å². The first kappa shape index (κ1) is 22.7. The first-order valence-corrected chi connectivity index (χ1v) is 13.6. The second-order valence-electron chi connectivity index (χ2n) is 8.47. The summed E-state index contributed by atoms with van der Waals surface area (Å²) in [6.45, 7) is 1.31. The van der Waals surface area contributed by atoms with Crippen molar-refractivity contribution in [2.45, 2.75) is 32.0 Å². The first-order valence-electron chi connectivity index (χ1n) is 11.2. The first-order chi connectivity index (χ1) is 16.5. The number of nitrogens with zero attached hydrogens (tertiary/aromatic N) is 4. The molecule has 1 aromatic heterocycles. The van der Waals surface area contributed by atoms with E-state index < -0.39 is 10.0 Å². The Balaban J connectivity index is 1.60. The summed E-state index contributed by atoms with van der Waals surface area (Å²) in [6, 6.07) is 17.5. The lowest BCUT2D eigenvalue weighted by Gasteiger charge is -2.32. The molecule has 1 atom stereocenters. The molecule has 2 aromatic carbocycles. The topological polar surface area (TPSA) is 93.1 Å². The molecular formula is C25H25N5O2S2. The van der Waals surface area contributed by atoms with Crippen LogP contribution in [0.5, 0.6) is 0 Å².